The van der Waals surface area contributed by atoms with Gasteiger partial charge >= 0.3 is 5.69 Å². The van der Waals surface area contributed by atoms with Gasteiger partial charge in [0.15, 0.2) is 5.78 Å². The number of hydrogen-bond acceptors (Lipinski definition) is 7. The predicted molar refractivity (Wildman–Crippen MR) is 93.2 cm³/mol. The highest BCUT2D eigenvalue weighted by Crippen LogP contribution is 2.19. The molecule has 0 saturated heterocycles. The number of aromatic nitrogens is 2. The molecule has 0 bridgehead atoms. The van der Waals surface area contributed by atoms with E-state index in [0.717, 1.165) is 6.20 Å². The zero-order chi connectivity index (χ0) is 19.4. The number of rotatable bonds is 7. The van der Waals surface area contributed by atoms with Crippen LogP contribution in [0.2, 0.25) is 0 Å². The summed E-state index contributed by atoms with van der Waals surface area (Å²) in [7, 11) is 0. The average molecular weight is 368 g/mol. The van der Waals surface area contributed by atoms with Crippen LogP contribution in [0.5, 0.6) is 0 Å². The van der Waals surface area contributed by atoms with Gasteiger partial charge in [0, 0.05) is 6.07 Å². The van der Waals surface area contributed by atoms with Crippen LogP contribution in [0.3, 0.4) is 0 Å². The highest BCUT2D eigenvalue weighted by Gasteiger charge is 2.17. The van der Waals surface area contributed by atoms with E-state index in [2.05, 4.69) is 5.10 Å². The van der Waals surface area contributed by atoms with Crippen LogP contribution in [0.4, 0.5) is 11.4 Å². The van der Waals surface area contributed by atoms with Crippen molar-refractivity contribution < 1.29 is 19.1 Å². The summed E-state index contributed by atoms with van der Waals surface area (Å²) in [4.78, 5) is 32.7. The summed E-state index contributed by atoms with van der Waals surface area (Å²) in [6.07, 6.45) is 4.99. The van der Waals surface area contributed by atoms with E-state index in [-0.39, 0.29) is 23.5 Å². The maximum atomic E-state index is 12.2. The molecule has 0 spiro atoms. The van der Waals surface area contributed by atoms with Gasteiger partial charge in [0.1, 0.15) is 23.9 Å². The van der Waals surface area contributed by atoms with Crippen LogP contribution in [0.15, 0.2) is 59.3 Å². The van der Waals surface area contributed by atoms with Crippen LogP contribution in [-0.4, -0.2) is 25.4 Å². The fourth-order valence-electron chi connectivity index (χ4n) is 2.35. The Bertz CT molecular complexity index is 1050. The van der Waals surface area contributed by atoms with E-state index in [4.69, 9.17) is 4.42 Å². The van der Waals surface area contributed by atoms with E-state index in [1.54, 1.807) is 18.2 Å². The highest BCUT2D eigenvalue weighted by atomic mass is 16.6. The molecule has 3 aromatic rings. The monoisotopic (exact) mass is 368 g/mol. The normalized spacial score (nSPS) is 11.0. The molecule has 0 atom stereocenters. The Morgan fingerprint density at radius 3 is 2.63 bits per heavy atom. The molecule has 0 aliphatic rings. The van der Waals surface area contributed by atoms with Crippen LogP contribution in [0.1, 0.15) is 21.9 Å². The largest absolute Gasteiger partial charge is 0.460 e. The van der Waals surface area contributed by atoms with Crippen molar-refractivity contribution in [3.8, 4) is 0 Å². The number of nitrogens with zero attached hydrogens (tertiary/aromatic N) is 4. The van der Waals surface area contributed by atoms with Crippen molar-refractivity contribution in [3.63, 3.8) is 0 Å². The second kappa shape index (κ2) is 7.44. The number of nitro groups is 2. The molecule has 0 N–H and O–H groups in total. The van der Waals surface area contributed by atoms with Gasteiger partial charge in [0.2, 0.25) is 0 Å². The molecule has 3 rings (SSSR count). The van der Waals surface area contributed by atoms with Crippen molar-refractivity contribution >= 4 is 23.2 Å². The van der Waals surface area contributed by atoms with Crippen LogP contribution in [-0.2, 0) is 6.54 Å². The standard InChI is InChI=1S/C17H12N4O6/c22-17(15-3-1-2-4-16(15)21(25)26)8-7-13-5-6-14(27-13)11-19-10-12(9-18-19)20(23)24/h1-10H,11H2/b8-7+. The number of carbonyl (C=O) groups excluding carboxylic acids is 1. The van der Waals surface area contributed by atoms with Gasteiger partial charge in [0.05, 0.1) is 22.0 Å². The van der Waals surface area contributed by atoms with E-state index >= 15 is 0 Å². The average Bonchev–Trinajstić information content (AvgIpc) is 3.29. The number of furan rings is 1. The topological polar surface area (TPSA) is 134 Å². The first kappa shape index (κ1) is 17.7. The number of hydrogen-bond donors (Lipinski definition) is 0. The first-order chi connectivity index (χ1) is 12.9. The van der Waals surface area contributed by atoms with Crippen molar-refractivity contribution in [1.29, 1.82) is 0 Å². The Morgan fingerprint density at radius 1 is 1.15 bits per heavy atom. The van der Waals surface area contributed by atoms with Crippen molar-refractivity contribution in [2.24, 2.45) is 0 Å². The van der Waals surface area contributed by atoms with Crippen LogP contribution < -0.4 is 0 Å². The fraction of sp³-hybridized carbons (Fsp3) is 0.0588. The summed E-state index contributed by atoms with van der Waals surface area (Å²) < 4.78 is 6.87. The molecule has 1 aromatic carbocycles. The molecule has 136 valence electrons. The first-order valence-electron chi connectivity index (χ1n) is 7.65. The Hall–Kier alpha value is -4.08. The predicted octanol–water partition coefficient (Wildman–Crippen LogP) is 3.24. The zero-order valence-corrected chi connectivity index (χ0v) is 13.7. The number of nitro benzene ring substituents is 1. The Labute approximate surface area is 151 Å². The lowest BCUT2D eigenvalue weighted by Crippen LogP contribution is -2.00. The second-order valence-corrected chi connectivity index (χ2v) is 5.43. The van der Waals surface area contributed by atoms with Crippen LogP contribution in [0, 0.1) is 20.2 Å². The number of carbonyl (C=O) groups is 1. The molecule has 0 saturated carbocycles. The van der Waals surface area contributed by atoms with Crippen molar-refractivity contribution in [2.75, 3.05) is 0 Å². The van der Waals surface area contributed by atoms with Gasteiger partial charge in [-0.3, -0.25) is 29.7 Å². The van der Waals surface area contributed by atoms with Gasteiger partial charge in [-0.1, -0.05) is 12.1 Å². The molecular weight excluding hydrogens is 356 g/mol. The lowest BCUT2D eigenvalue weighted by molar-refractivity contribution is -0.385. The molecule has 10 heteroatoms. The maximum Gasteiger partial charge on any atom is 0.307 e. The summed E-state index contributed by atoms with van der Waals surface area (Å²) >= 11 is 0. The van der Waals surface area contributed by atoms with Gasteiger partial charge < -0.3 is 4.42 Å². The summed E-state index contributed by atoms with van der Waals surface area (Å²) in [5.74, 6) is 0.312. The minimum Gasteiger partial charge on any atom is -0.460 e. The Balaban J connectivity index is 1.71. The van der Waals surface area contributed by atoms with Crippen LogP contribution >= 0.6 is 0 Å². The van der Waals surface area contributed by atoms with Gasteiger partial charge in [-0.15, -0.1) is 0 Å². The van der Waals surface area contributed by atoms with Gasteiger partial charge in [-0.25, -0.2) is 0 Å². The maximum absolute atomic E-state index is 12.2. The molecule has 0 fully saturated rings. The molecule has 0 aliphatic heterocycles. The number of ketones is 1. The van der Waals surface area contributed by atoms with Crippen molar-refractivity contribution in [2.45, 2.75) is 6.54 Å². The summed E-state index contributed by atoms with van der Waals surface area (Å²) in [6.45, 7) is 0.180. The highest BCUT2D eigenvalue weighted by molar-refractivity contribution is 6.09. The molecule has 27 heavy (non-hydrogen) atoms. The fourth-order valence-corrected chi connectivity index (χ4v) is 2.35. The SMILES string of the molecule is O=C(/C=C/c1ccc(Cn2cc([N+](=O)[O-])cn2)o1)c1ccccc1[N+](=O)[O-]. The minimum absolute atomic E-state index is 0.0191. The van der Waals surface area contributed by atoms with E-state index in [1.165, 1.54) is 41.2 Å². The molecule has 0 radical (unpaired) electrons. The van der Waals surface area contributed by atoms with Gasteiger partial charge in [-0.2, -0.15) is 5.10 Å². The van der Waals surface area contributed by atoms with Crippen molar-refractivity contribution in [1.82, 2.24) is 9.78 Å². The lowest BCUT2D eigenvalue weighted by atomic mass is 10.1. The van der Waals surface area contributed by atoms with Crippen LogP contribution in [0.25, 0.3) is 6.08 Å². The first-order valence-corrected chi connectivity index (χ1v) is 7.65. The molecule has 0 amide bonds. The van der Waals surface area contributed by atoms with E-state index in [1.807, 2.05) is 0 Å². The molecule has 0 unspecified atom stereocenters. The summed E-state index contributed by atoms with van der Waals surface area (Å²) in [5, 5.41) is 25.5. The molecule has 2 heterocycles. The lowest BCUT2D eigenvalue weighted by Gasteiger charge is -1.98. The van der Waals surface area contributed by atoms with Gasteiger partial charge in [0.25, 0.3) is 5.69 Å². The van der Waals surface area contributed by atoms with E-state index in [9.17, 15) is 25.0 Å². The van der Waals surface area contributed by atoms with Crippen molar-refractivity contribution in [3.05, 3.63) is 92.2 Å². The van der Waals surface area contributed by atoms with E-state index in [0.29, 0.717) is 11.5 Å². The quantitative estimate of drug-likeness (QED) is 0.270. The smallest absolute Gasteiger partial charge is 0.307 e. The summed E-state index contributed by atoms with van der Waals surface area (Å²) in [6, 6.07) is 8.91. The Morgan fingerprint density at radius 2 is 1.93 bits per heavy atom. The second-order valence-electron chi connectivity index (χ2n) is 5.43. The minimum atomic E-state index is -0.616. The zero-order valence-electron chi connectivity index (χ0n) is 13.7. The third-order valence-corrected chi connectivity index (χ3v) is 3.60. The summed E-state index contributed by atoms with van der Waals surface area (Å²) in [5.41, 5.74) is -0.418. The number of allylic oxidation sites excluding steroid dienone is 1. The van der Waals surface area contributed by atoms with E-state index < -0.39 is 15.6 Å². The Kier molecular flexibility index (Phi) is 4.88. The molecule has 2 aromatic heterocycles. The number of benzene rings is 1. The van der Waals surface area contributed by atoms with Gasteiger partial charge in [-0.05, 0) is 30.4 Å². The molecular formula is C17H12N4O6. The third kappa shape index (κ3) is 4.12. The molecule has 0 aliphatic carbocycles. The number of para-hydroxylation sites is 1. The third-order valence-electron chi connectivity index (χ3n) is 3.60. The molecule has 10 nitrogen and oxygen atoms in total.